The predicted octanol–water partition coefficient (Wildman–Crippen LogP) is 4.27. The van der Waals surface area contributed by atoms with Gasteiger partial charge in [-0.05, 0) is 41.5 Å². The highest BCUT2D eigenvalue weighted by Crippen LogP contribution is 2.35. The molecule has 0 spiro atoms. The van der Waals surface area contributed by atoms with Gasteiger partial charge in [0.1, 0.15) is 11.6 Å². The van der Waals surface area contributed by atoms with E-state index in [0.29, 0.717) is 48.7 Å². The summed E-state index contributed by atoms with van der Waals surface area (Å²) >= 11 is 0. The second-order valence-corrected chi connectivity index (χ2v) is 9.49. The highest BCUT2D eigenvalue weighted by Gasteiger charge is 2.41. The Hall–Kier alpha value is -4.71. The van der Waals surface area contributed by atoms with E-state index in [1.165, 1.54) is 35.4 Å². The number of ketones is 1. The number of pyridine rings is 1. The van der Waals surface area contributed by atoms with Crippen LogP contribution < -0.4 is 4.90 Å². The van der Waals surface area contributed by atoms with Crippen molar-refractivity contribution in [3.63, 3.8) is 0 Å². The fourth-order valence-electron chi connectivity index (χ4n) is 4.55. The van der Waals surface area contributed by atoms with Gasteiger partial charge in [-0.2, -0.15) is 13.2 Å². The Morgan fingerprint density at radius 3 is 2.34 bits per heavy atom. The number of hydrogen-bond donors (Lipinski definition) is 2. The van der Waals surface area contributed by atoms with E-state index >= 15 is 0 Å². The molecule has 2 aromatic carbocycles. The number of nitrogens with zero attached hydrogens (tertiary/aromatic N) is 4. The molecule has 41 heavy (non-hydrogen) atoms. The highest BCUT2D eigenvalue weighted by molar-refractivity contribution is 5.96. The smallest absolute Gasteiger partial charge is 0.437 e. The van der Waals surface area contributed by atoms with Gasteiger partial charge in [0.2, 0.25) is 17.4 Å². The predicted molar refractivity (Wildman–Crippen MR) is 141 cm³/mol. The number of halogens is 3. The molecule has 1 atom stereocenters. The second-order valence-electron chi connectivity index (χ2n) is 9.49. The van der Waals surface area contributed by atoms with Gasteiger partial charge in [0.05, 0.1) is 0 Å². The Morgan fingerprint density at radius 1 is 0.976 bits per heavy atom. The van der Waals surface area contributed by atoms with Crippen molar-refractivity contribution < 1.29 is 37.4 Å². The third-order valence-corrected chi connectivity index (χ3v) is 6.68. The number of aliphatic hydroxyl groups excluding tert-OH is 1. The lowest BCUT2D eigenvalue weighted by Gasteiger charge is -2.36. The number of aliphatic hydroxyl groups is 1. The number of rotatable bonds is 7. The zero-order valence-corrected chi connectivity index (χ0v) is 21.6. The highest BCUT2D eigenvalue weighted by atomic mass is 19.4. The van der Waals surface area contributed by atoms with Crippen LogP contribution in [0.3, 0.4) is 0 Å². The number of piperazine rings is 1. The molecule has 3 heterocycles. The lowest BCUT2D eigenvalue weighted by Crippen LogP contribution is -2.50. The van der Waals surface area contributed by atoms with Gasteiger partial charge >= 0.3 is 6.18 Å². The SMILES string of the molecule is O=C(Cc1ccc(N2CCN(C(=O)C(O)c3cccc(O)c3)CC2)nc1)c1oc(-c2ccccc2)nc1C(F)(F)F. The van der Waals surface area contributed by atoms with Gasteiger partial charge in [-0.1, -0.05) is 36.4 Å². The molecule has 0 bridgehead atoms. The zero-order valence-electron chi connectivity index (χ0n) is 21.6. The number of Topliss-reactive ketones (excluding diaryl/α,β-unsaturated/α-hetero) is 1. The van der Waals surface area contributed by atoms with Gasteiger partial charge in [-0.25, -0.2) is 9.97 Å². The summed E-state index contributed by atoms with van der Waals surface area (Å²) in [5.74, 6) is -1.97. The summed E-state index contributed by atoms with van der Waals surface area (Å²) in [6, 6.07) is 17.2. The maximum Gasteiger partial charge on any atom is 0.437 e. The number of anilines is 1. The van der Waals surface area contributed by atoms with Crippen LogP contribution in [0.1, 0.15) is 33.5 Å². The van der Waals surface area contributed by atoms with E-state index in [1.807, 2.05) is 4.90 Å². The number of oxazole rings is 1. The summed E-state index contributed by atoms with van der Waals surface area (Å²) in [6.07, 6.45) is -5.21. The molecule has 1 unspecified atom stereocenters. The molecular formula is C29H25F3N4O5. The summed E-state index contributed by atoms with van der Waals surface area (Å²) in [6.45, 7) is 1.51. The molecule has 1 saturated heterocycles. The molecule has 5 rings (SSSR count). The topological polar surface area (TPSA) is 120 Å². The van der Waals surface area contributed by atoms with Crippen LogP contribution in [0, 0.1) is 0 Å². The summed E-state index contributed by atoms with van der Waals surface area (Å²) in [5.41, 5.74) is -0.355. The fourth-order valence-corrected chi connectivity index (χ4v) is 4.55. The van der Waals surface area contributed by atoms with E-state index in [-0.39, 0.29) is 18.1 Å². The minimum absolute atomic E-state index is 0.0473. The van der Waals surface area contributed by atoms with Crippen molar-refractivity contribution in [2.45, 2.75) is 18.7 Å². The number of amides is 1. The normalized spacial score (nSPS) is 14.6. The summed E-state index contributed by atoms with van der Waals surface area (Å²) in [5, 5.41) is 20.0. The van der Waals surface area contributed by atoms with Crippen LogP contribution >= 0.6 is 0 Å². The first-order valence-electron chi connectivity index (χ1n) is 12.7. The Bertz CT molecular complexity index is 1530. The molecular weight excluding hydrogens is 541 g/mol. The molecule has 4 aromatic rings. The molecule has 1 aliphatic rings. The number of phenols is 1. The van der Waals surface area contributed by atoms with Crippen LogP contribution in [0.5, 0.6) is 5.75 Å². The van der Waals surface area contributed by atoms with Crippen LogP contribution in [0.4, 0.5) is 19.0 Å². The largest absolute Gasteiger partial charge is 0.508 e. The minimum Gasteiger partial charge on any atom is -0.508 e. The Kier molecular flexibility index (Phi) is 7.75. The summed E-state index contributed by atoms with van der Waals surface area (Å²) in [7, 11) is 0. The molecule has 1 aliphatic heterocycles. The van der Waals surface area contributed by atoms with E-state index in [1.54, 1.807) is 42.5 Å². The lowest BCUT2D eigenvalue weighted by molar-refractivity contribution is -0.142. The third-order valence-electron chi connectivity index (χ3n) is 6.68. The zero-order chi connectivity index (χ0) is 29.1. The monoisotopic (exact) mass is 566 g/mol. The van der Waals surface area contributed by atoms with E-state index in [9.17, 15) is 33.0 Å². The Morgan fingerprint density at radius 2 is 1.71 bits per heavy atom. The molecule has 0 aliphatic carbocycles. The standard InChI is InChI=1S/C29H25F3N4O5/c30-29(31,32)26-25(41-27(34-26)19-5-2-1-3-6-19)22(38)15-18-9-10-23(33-17-18)35-11-13-36(14-12-35)28(40)24(39)20-7-4-8-21(37)16-20/h1-10,16-17,24,37,39H,11-15H2. The molecule has 1 fully saturated rings. The van der Waals surface area contributed by atoms with E-state index < -0.39 is 35.4 Å². The fraction of sp³-hybridized carbons (Fsp3) is 0.241. The van der Waals surface area contributed by atoms with Crippen molar-refractivity contribution in [1.82, 2.24) is 14.9 Å². The molecule has 12 heteroatoms. The molecule has 9 nitrogen and oxygen atoms in total. The number of phenolic OH excluding ortho intramolecular Hbond substituents is 1. The Balaban J connectivity index is 1.22. The average Bonchev–Trinajstić information content (AvgIpc) is 3.44. The maximum absolute atomic E-state index is 13.6. The number of alkyl halides is 3. The van der Waals surface area contributed by atoms with Crippen molar-refractivity contribution in [3.05, 3.63) is 95.5 Å². The molecule has 2 aromatic heterocycles. The van der Waals surface area contributed by atoms with Crippen LogP contribution in [0.2, 0.25) is 0 Å². The Labute approximate surface area is 232 Å². The van der Waals surface area contributed by atoms with Gasteiger partial charge in [-0.15, -0.1) is 0 Å². The number of carbonyl (C=O) groups excluding carboxylic acids is 2. The quantitative estimate of drug-likeness (QED) is 0.319. The third kappa shape index (κ3) is 6.22. The average molecular weight is 567 g/mol. The number of benzene rings is 2. The molecule has 212 valence electrons. The van der Waals surface area contributed by atoms with Gasteiger partial charge in [0, 0.05) is 44.4 Å². The number of aromatic nitrogens is 2. The first-order chi connectivity index (χ1) is 19.6. The first kappa shape index (κ1) is 27.8. The summed E-state index contributed by atoms with van der Waals surface area (Å²) < 4.78 is 46.1. The van der Waals surface area contributed by atoms with Crippen LogP contribution in [0.15, 0.2) is 77.3 Å². The van der Waals surface area contributed by atoms with Crippen LogP contribution in [-0.4, -0.2) is 63.0 Å². The van der Waals surface area contributed by atoms with Crippen molar-refractivity contribution in [1.29, 1.82) is 0 Å². The first-order valence-corrected chi connectivity index (χ1v) is 12.7. The molecule has 2 N–H and O–H groups in total. The molecule has 0 radical (unpaired) electrons. The van der Waals surface area contributed by atoms with Crippen molar-refractivity contribution >= 4 is 17.5 Å². The van der Waals surface area contributed by atoms with Gasteiger partial charge in [0.25, 0.3) is 5.91 Å². The van der Waals surface area contributed by atoms with Crippen LogP contribution in [0.25, 0.3) is 11.5 Å². The van der Waals surface area contributed by atoms with Gasteiger partial charge in [-0.3, -0.25) is 9.59 Å². The molecule has 1 amide bonds. The van der Waals surface area contributed by atoms with Gasteiger partial charge < -0.3 is 24.4 Å². The van der Waals surface area contributed by atoms with Crippen molar-refractivity contribution in [3.8, 4) is 17.2 Å². The van der Waals surface area contributed by atoms with E-state index in [2.05, 4.69) is 9.97 Å². The molecule has 0 saturated carbocycles. The minimum atomic E-state index is -4.87. The lowest BCUT2D eigenvalue weighted by atomic mass is 10.1. The van der Waals surface area contributed by atoms with Crippen molar-refractivity contribution in [2.75, 3.05) is 31.1 Å². The van der Waals surface area contributed by atoms with E-state index in [0.717, 1.165) is 0 Å². The number of aromatic hydroxyl groups is 1. The van der Waals surface area contributed by atoms with E-state index in [4.69, 9.17) is 4.42 Å². The summed E-state index contributed by atoms with van der Waals surface area (Å²) in [4.78, 5) is 36.9. The van der Waals surface area contributed by atoms with Gasteiger partial charge in [0.15, 0.2) is 11.8 Å². The second kappa shape index (κ2) is 11.4. The maximum atomic E-state index is 13.6. The van der Waals surface area contributed by atoms with Crippen LogP contribution in [-0.2, 0) is 17.4 Å². The number of hydrogen-bond acceptors (Lipinski definition) is 8. The van der Waals surface area contributed by atoms with Crippen molar-refractivity contribution in [2.24, 2.45) is 0 Å². The number of carbonyl (C=O) groups is 2.